The molecule has 0 heterocycles. The standard InChI is InChI=1S/C14H16N4O3/c1-10(19)18(7-6-15)9-11(8-16)14(21)17-12-4-2-3-5-13(12)20/h2-5,9,20H,6-7,15H2,1H3,(H,17,21)/b11-9-. The molecule has 1 aromatic carbocycles. The van der Waals surface area contributed by atoms with Crippen LogP contribution in [0.1, 0.15) is 6.92 Å². The maximum absolute atomic E-state index is 12.0. The van der Waals surface area contributed by atoms with Crippen LogP contribution in [0.15, 0.2) is 36.0 Å². The molecule has 21 heavy (non-hydrogen) atoms. The summed E-state index contributed by atoms with van der Waals surface area (Å²) in [6, 6.07) is 7.84. The summed E-state index contributed by atoms with van der Waals surface area (Å²) in [5.74, 6) is -1.17. The van der Waals surface area contributed by atoms with Gasteiger partial charge in [0, 0.05) is 26.2 Å². The Morgan fingerprint density at radius 1 is 1.48 bits per heavy atom. The maximum atomic E-state index is 12.0. The van der Waals surface area contributed by atoms with Crippen LogP contribution in [0.5, 0.6) is 5.75 Å². The summed E-state index contributed by atoms with van der Waals surface area (Å²) >= 11 is 0. The molecule has 0 aliphatic carbocycles. The number of rotatable bonds is 5. The average molecular weight is 288 g/mol. The van der Waals surface area contributed by atoms with Gasteiger partial charge in [-0.1, -0.05) is 12.1 Å². The first-order chi connectivity index (χ1) is 9.99. The molecule has 0 aromatic heterocycles. The van der Waals surface area contributed by atoms with E-state index in [9.17, 15) is 14.7 Å². The van der Waals surface area contributed by atoms with Gasteiger partial charge in [0.25, 0.3) is 5.91 Å². The van der Waals surface area contributed by atoms with Crippen LogP contribution in [0.25, 0.3) is 0 Å². The molecular formula is C14H16N4O3. The van der Waals surface area contributed by atoms with Crippen molar-refractivity contribution in [2.45, 2.75) is 6.92 Å². The van der Waals surface area contributed by atoms with Gasteiger partial charge in [-0.05, 0) is 12.1 Å². The van der Waals surface area contributed by atoms with E-state index in [0.29, 0.717) is 0 Å². The quantitative estimate of drug-likeness (QED) is 0.415. The molecule has 0 spiro atoms. The van der Waals surface area contributed by atoms with Gasteiger partial charge in [0.15, 0.2) is 0 Å². The van der Waals surface area contributed by atoms with Crippen molar-refractivity contribution in [1.82, 2.24) is 4.90 Å². The summed E-state index contributed by atoms with van der Waals surface area (Å²) in [6.45, 7) is 1.71. The number of hydrogen-bond donors (Lipinski definition) is 3. The summed E-state index contributed by atoms with van der Waals surface area (Å²) < 4.78 is 0. The highest BCUT2D eigenvalue weighted by Crippen LogP contribution is 2.21. The lowest BCUT2D eigenvalue weighted by Crippen LogP contribution is -2.30. The highest BCUT2D eigenvalue weighted by atomic mass is 16.3. The normalized spacial score (nSPS) is 10.6. The van der Waals surface area contributed by atoms with Crippen molar-refractivity contribution in [3.8, 4) is 11.8 Å². The van der Waals surface area contributed by atoms with Gasteiger partial charge >= 0.3 is 0 Å². The number of nitrogens with two attached hydrogens (primary N) is 1. The summed E-state index contributed by atoms with van der Waals surface area (Å²) in [6.07, 6.45) is 1.14. The Bertz CT molecular complexity index is 604. The number of nitriles is 1. The van der Waals surface area contributed by atoms with E-state index in [1.165, 1.54) is 24.0 Å². The Morgan fingerprint density at radius 2 is 2.14 bits per heavy atom. The zero-order chi connectivity index (χ0) is 15.8. The smallest absolute Gasteiger partial charge is 0.267 e. The number of amides is 2. The van der Waals surface area contributed by atoms with Gasteiger partial charge in [0.2, 0.25) is 5.91 Å². The third-order valence-corrected chi connectivity index (χ3v) is 2.58. The fraction of sp³-hybridized carbons (Fsp3) is 0.214. The van der Waals surface area contributed by atoms with Crippen LogP contribution < -0.4 is 11.1 Å². The second kappa shape index (κ2) is 7.67. The van der Waals surface area contributed by atoms with Crippen LogP contribution in [0.3, 0.4) is 0 Å². The molecule has 0 atom stereocenters. The summed E-state index contributed by atoms with van der Waals surface area (Å²) in [4.78, 5) is 24.5. The molecule has 110 valence electrons. The lowest BCUT2D eigenvalue weighted by atomic mass is 10.2. The van der Waals surface area contributed by atoms with Crippen molar-refractivity contribution in [3.63, 3.8) is 0 Å². The van der Waals surface area contributed by atoms with Crippen molar-refractivity contribution in [3.05, 3.63) is 36.0 Å². The molecule has 0 saturated heterocycles. The van der Waals surface area contributed by atoms with Crippen LogP contribution in [-0.4, -0.2) is 34.9 Å². The van der Waals surface area contributed by atoms with Gasteiger partial charge in [-0.2, -0.15) is 5.26 Å². The molecule has 4 N–H and O–H groups in total. The number of para-hydroxylation sites is 2. The summed E-state index contributed by atoms with van der Waals surface area (Å²) in [7, 11) is 0. The van der Waals surface area contributed by atoms with E-state index in [1.807, 2.05) is 0 Å². The molecule has 1 aromatic rings. The minimum Gasteiger partial charge on any atom is -0.506 e. The second-order valence-corrected chi connectivity index (χ2v) is 4.13. The van der Waals surface area contributed by atoms with Crippen molar-refractivity contribution >= 4 is 17.5 Å². The highest BCUT2D eigenvalue weighted by Gasteiger charge is 2.14. The van der Waals surface area contributed by atoms with Gasteiger partial charge in [0.05, 0.1) is 5.69 Å². The first-order valence-electron chi connectivity index (χ1n) is 6.18. The Balaban J connectivity index is 2.94. The predicted octanol–water partition coefficient (Wildman–Crippen LogP) is 0.545. The number of aromatic hydroxyl groups is 1. The molecule has 1 rings (SSSR count). The molecule has 0 aliphatic heterocycles. The van der Waals surface area contributed by atoms with Crippen molar-refractivity contribution in [2.24, 2.45) is 5.73 Å². The van der Waals surface area contributed by atoms with E-state index in [0.717, 1.165) is 6.20 Å². The number of anilines is 1. The van der Waals surface area contributed by atoms with Gasteiger partial charge < -0.3 is 21.1 Å². The largest absolute Gasteiger partial charge is 0.506 e. The van der Waals surface area contributed by atoms with Gasteiger partial charge in [-0.15, -0.1) is 0 Å². The Labute approximate surface area is 122 Å². The number of hydrogen-bond acceptors (Lipinski definition) is 5. The molecule has 0 fully saturated rings. The third-order valence-electron chi connectivity index (χ3n) is 2.58. The zero-order valence-electron chi connectivity index (χ0n) is 11.5. The first kappa shape index (κ1) is 16.2. The zero-order valence-corrected chi connectivity index (χ0v) is 11.5. The Kier molecular flexibility index (Phi) is 5.92. The third kappa shape index (κ3) is 4.63. The number of benzene rings is 1. The first-order valence-corrected chi connectivity index (χ1v) is 6.18. The van der Waals surface area contributed by atoms with E-state index in [-0.39, 0.29) is 36.0 Å². The molecule has 0 unspecified atom stereocenters. The molecule has 0 saturated carbocycles. The van der Waals surface area contributed by atoms with E-state index >= 15 is 0 Å². The molecule has 0 bridgehead atoms. The lowest BCUT2D eigenvalue weighted by Gasteiger charge is -2.15. The van der Waals surface area contributed by atoms with Crippen LogP contribution in [0.4, 0.5) is 5.69 Å². The number of nitrogens with one attached hydrogen (secondary N) is 1. The molecule has 7 heteroatoms. The van der Waals surface area contributed by atoms with Gasteiger partial charge in [-0.25, -0.2) is 0 Å². The topological polar surface area (TPSA) is 119 Å². The number of nitrogens with zero attached hydrogens (tertiary/aromatic N) is 2. The number of phenols is 1. The summed E-state index contributed by atoms with van der Waals surface area (Å²) in [5.41, 5.74) is 5.28. The SMILES string of the molecule is CC(=O)N(/C=C(/C#N)C(=O)Nc1ccccc1O)CCN. The van der Waals surface area contributed by atoms with E-state index < -0.39 is 5.91 Å². The minimum atomic E-state index is -0.720. The highest BCUT2D eigenvalue weighted by molar-refractivity contribution is 6.07. The van der Waals surface area contributed by atoms with E-state index in [4.69, 9.17) is 11.0 Å². The van der Waals surface area contributed by atoms with Crippen LogP contribution in [-0.2, 0) is 9.59 Å². The van der Waals surface area contributed by atoms with E-state index in [2.05, 4.69) is 5.32 Å². The summed E-state index contributed by atoms with van der Waals surface area (Å²) in [5, 5.41) is 21.0. The minimum absolute atomic E-state index is 0.117. The molecule has 0 aliphatic rings. The van der Waals surface area contributed by atoms with E-state index in [1.54, 1.807) is 18.2 Å². The van der Waals surface area contributed by atoms with Crippen LogP contribution in [0, 0.1) is 11.3 Å². The fourth-order valence-corrected chi connectivity index (χ4v) is 1.52. The molecule has 2 amide bonds. The van der Waals surface area contributed by atoms with Crippen molar-refractivity contribution in [1.29, 1.82) is 5.26 Å². The second-order valence-electron chi connectivity index (χ2n) is 4.13. The molecule has 0 radical (unpaired) electrons. The molecular weight excluding hydrogens is 272 g/mol. The number of carbonyl (C=O) groups excluding carboxylic acids is 2. The van der Waals surface area contributed by atoms with Gasteiger partial charge in [0.1, 0.15) is 17.4 Å². The number of phenolic OH excluding ortho intramolecular Hbond substituents is 1. The van der Waals surface area contributed by atoms with Crippen LogP contribution in [0.2, 0.25) is 0 Å². The fourth-order valence-electron chi connectivity index (χ4n) is 1.52. The van der Waals surface area contributed by atoms with Gasteiger partial charge in [-0.3, -0.25) is 9.59 Å². The average Bonchev–Trinajstić information content (AvgIpc) is 2.45. The monoisotopic (exact) mass is 288 g/mol. The maximum Gasteiger partial charge on any atom is 0.267 e. The van der Waals surface area contributed by atoms with Crippen molar-refractivity contribution in [2.75, 3.05) is 18.4 Å². The number of carbonyl (C=O) groups is 2. The lowest BCUT2D eigenvalue weighted by molar-refractivity contribution is -0.126. The van der Waals surface area contributed by atoms with Crippen LogP contribution >= 0.6 is 0 Å². The Morgan fingerprint density at radius 3 is 2.67 bits per heavy atom. The van der Waals surface area contributed by atoms with Crippen molar-refractivity contribution < 1.29 is 14.7 Å². The predicted molar refractivity (Wildman–Crippen MR) is 76.9 cm³/mol. The Hall–Kier alpha value is -2.85. The molecule has 7 nitrogen and oxygen atoms in total.